The predicted octanol–water partition coefficient (Wildman–Crippen LogP) is 2.62. The first-order valence-electron chi connectivity index (χ1n) is 6.09. The summed E-state index contributed by atoms with van der Waals surface area (Å²) in [5.74, 6) is 0.0872. The van der Waals surface area contributed by atoms with Gasteiger partial charge in [0.2, 0.25) is 5.91 Å². The van der Waals surface area contributed by atoms with Gasteiger partial charge in [0.25, 0.3) is 0 Å². The maximum atomic E-state index is 11.9. The number of carbonyl (C=O) groups excluding carboxylic acids is 1. The van der Waals surface area contributed by atoms with Crippen LogP contribution in [0.1, 0.15) is 31.4 Å². The second-order valence-corrected chi connectivity index (χ2v) is 4.70. The number of benzene rings is 1. The number of nitrogens with one attached hydrogen (secondary N) is 1. The SMILES string of the molecule is CC[C@H](C)[C@H](N)C(=O)Nc1ccc(C)c(C)c1. The number of hydrogen-bond acceptors (Lipinski definition) is 2. The lowest BCUT2D eigenvalue weighted by molar-refractivity contribution is -0.118. The standard InChI is InChI=1S/C14H22N2O/c1-5-9(2)13(15)14(17)16-12-7-6-10(3)11(4)8-12/h6-9,13H,5,15H2,1-4H3,(H,16,17)/t9-,13-/m0/s1. The highest BCUT2D eigenvalue weighted by Gasteiger charge is 2.19. The fraction of sp³-hybridized carbons (Fsp3) is 0.500. The van der Waals surface area contributed by atoms with Crippen LogP contribution in [0.4, 0.5) is 5.69 Å². The van der Waals surface area contributed by atoms with Crippen molar-refractivity contribution >= 4 is 11.6 Å². The van der Waals surface area contributed by atoms with Crippen LogP contribution in [0.15, 0.2) is 18.2 Å². The van der Waals surface area contributed by atoms with Gasteiger partial charge in [0.1, 0.15) is 0 Å². The summed E-state index contributed by atoms with van der Waals surface area (Å²) >= 11 is 0. The molecule has 0 radical (unpaired) electrons. The van der Waals surface area contributed by atoms with Crippen LogP contribution in [0, 0.1) is 19.8 Å². The maximum Gasteiger partial charge on any atom is 0.241 e. The molecule has 0 fully saturated rings. The van der Waals surface area contributed by atoms with Crippen molar-refractivity contribution in [3.05, 3.63) is 29.3 Å². The van der Waals surface area contributed by atoms with Crippen molar-refractivity contribution in [1.82, 2.24) is 0 Å². The molecule has 0 heterocycles. The Hall–Kier alpha value is -1.35. The Bertz CT molecular complexity index is 401. The third kappa shape index (κ3) is 3.56. The van der Waals surface area contributed by atoms with E-state index in [9.17, 15) is 4.79 Å². The molecule has 1 rings (SSSR count). The van der Waals surface area contributed by atoms with Crippen molar-refractivity contribution in [3.63, 3.8) is 0 Å². The highest BCUT2D eigenvalue weighted by atomic mass is 16.2. The summed E-state index contributed by atoms with van der Waals surface area (Å²) in [4.78, 5) is 11.9. The molecule has 0 aliphatic rings. The number of rotatable bonds is 4. The lowest BCUT2D eigenvalue weighted by Gasteiger charge is -2.18. The van der Waals surface area contributed by atoms with Crippen molar-refractivity contribution in [2.24, 2.45) is 11.7 Å². The van der Waals surface area contributed by atoms with Gasteiger partial charge < -0.3 is 11.1 Å². The smallest absolute Gasteiger partial charge is 0.241 e. The molecule has 3 N–H and O–H groups in total. The number of carbonyl (C=O) groups is 1. The highest BCUT2D eigenvalue weighted by molar-refractivity contribution is 5.94. The maximum absolute atomic E-state index is 11.9. The molecule has 1 aromatic rings. The normalized spacial score (nSPS) is 14.2. The average molecular weight is 234 g/mol. The molecule has 17 heavy (non-hydrogen) atoms. The Morgan fingerprint density at radius 3 is 2.53 bits per heavy atom. The molecule has 0 aromatic heterocycles. The summed E-state index contributed by atoms with van der Waals surface area (Å²) in [6.45, 7) is 8.10. The van der Waals surface area contributed by atoms with Crippen LogP contribution in [0.5, 0.6) is 0 Å². The molecule has 0 aliphatic heterocycles. The van der Waals surface area contributed by atoms with Crippen molar-refractivity contribution in [3.8, 4) is 0 Å². The topological polar surface area (TPSA) is 55.1 Å². The predicted molar refractivity (Wildman–Crippen MR) is 72.0 cm³/mol. The van der Waals surface area contributed by atoms with E-state index in [-0.39, 0.29) is 11.8 Å². The Morgan fingerprint density at radius 2 is 2.00 bits per heavy atom. The van der Waals surface area contributed by atoms with Crippen molar-refractivity contribution in [2.75, 3.05) is 5.32 Å². The summed E-state index contributed by atoms with van der Waals surface area (Å²) in [6, 6.07) is 5.43. The van der Waals surface area contributed by atoms with Gasteiger partial charge in [0.05, 0.1) is 6.04 Å². The number of aryl methyl sites for hydroxylation is 2. The van der Waals surface area contributed by atoms with Crippen molar-refractivity contribution in [1.29, 1.82) is 0 Å². The molecule has 0 aliphatic carbocycles. The summed E-state index contributed by atoms with van der Waals surface area (Å²) in [5.41, 5.74) is 9.07. The zero-order valence-electron chi connectivity index (χ0n) is 11.1. The molecule has 0 saturated carbocycles. The van der Waals surface area contributed by atoms with Crippen LogP contribution >= 0.6 is 0 Å². The molecule has 1 aromatic carbocycles. The van der Waals surface area contributed by atoms with Crippen molar-refractivity contribution < 1.29 is 4.79 Å². The third-order valence-corrected chi connectivity index (χ3v) is 3.33. The fourth-order valence-electron chi connectivity index (χ4n) is 1.56. The van der Waals surface area contributed by atoms with E-state index in [2.05, 4.69) is 5.32 Å². The first kappa shape index (κ1) is 13.7. The van der Waals surface area contributed by atoms with Crippen molar-refractivity contribution in [2.45, 2.75) is 40.2 Å². The average Bonchev–Trinajstić information content (AvgIpc) is 2.31. The highest BCUT2D eigenvalue weighted by Crippen LogP contribution is 2.15. The zero-order chi connectivity index (χ0) is 13.0. The monoisotopic (exact) mass is 234 g/mol. The lowest BCUT2D eigenvalue weighted by Crippen LogP contribution is -2.40. The molecular weight excluding hydrogens is 212 g/mol. The molecular formula is C14H22N2O. The van der Waals surface area contributed by atoms with Crippen LogP contribution in [0.3, 0.4) is 0 Å². The second kappa shape index (κ2) is 5.82. The third-order valence-electron chi connectivity index (χ3n) is 3.33. The van der Waals surface area contributed by atoms with Gasteiger partial charge in [-0.3, -0.25) is 4.79 Å². The lowest BCUT2D eigenvalue weighted by atomic mass is 9.99. The molecule has 0 bridgehead atoms. The minimum atomic E-state index is -0.443. The van der Waals surface area contributed by atoms with E-state index >= 15 is 0 Å². The quantitative estimate of drug-likeness (QED) is 0.841. The van der Waals surface area contributed by atoms with E-state index in [0.29, 0.717) is 0 Å². The first-order valence-corrected chi connectivity index (χ1v) is 6.09. The minimum absolute atomic E-state index is 0.109. The van der Waals surface area contributed by atoms with Crippen LogP contribution in [-0.2, 0) is 4.79 Å². The van der Waals surface area contributed by atoms with E-state index in [1.165, 1.54) is 11.1 Å². The fourth-order valence-corrected chi connectivity index (χ4v) is 1.56. The van der Waals surface area contributed by atoms with E-state index in [4.69, 9.17) is 5.73 Å². The molecule has 3 heteroatoms. The van der Waals surface area contributed by atoms with Gasteiger partial charge >= 0.3 is 0 Å². The summed E-state index contributed by atoms with van der Waals surface area (Å²) in [5, 5.41) is 2.86. The summed E-state index contributed by atoms with van der Waals surface area (Å²) in [6.07, 6.45) is 0.904. The van der Waals surface area contributed by atoms with Crippen LogP contribution in [0.2, 0.25) is 0 Å². The second-order valence-electron chi connectivity index (χ2n) is 4.70. The van der Waals surface area contributed by atoms with Gasteiger partial charge in [-0.05, 0) is 43.0 Å². The Labute approximate surface area is 103 Å². The Kier molecular flexibility index (Phi) is 4.70. The van der Waals surface area contributed by atoms with Gasteiger partial charge in [-0.15, -0.1) is 0 Å². The van der Waals surface area contributed by atoms with E-state index in [0.717, 1.165) is 12.1 Å². The number of nitrogens with two attached hydrogens (primary N) is 1. The molecule has 0 spiro atoms. The van der Waals surface area contributed by atoms with Crippen LogP contribution in [-0.4, -0.2) is 11.9 Å². The largest absolute Gasteiger partial charge is 0.325 e. The molecule has 1 amide bonds. The molecule has 94 valence electrons. The van der Waals surface area contributed by atoms with E-state index < -0.39 is 6.04 Å². The number of amides is 1. The van der Waals surface area contributed by atoms with E-state index in [1.54, 1.807) is 0 Å². The Balaban J connectivity index is 2.71. The van der Waals surface area contributed by atoms with Gasteiger partial charge in [0, 0.05) is 5.69 Å². The van der Waals surface area contributed by atoms with Gasteiger partial charge in [-0.2, -0.15) is 0 Å². The van der Waals surface area contributed by atoms with Gasteiger partial charge in [-0.25, -0.2) is 0 Å². The van der Waals surface area contributed by atoms with Crippen LogP contribution < -0.4 is 11.1 Å². The molecule has 2 atom stereocenters. The summed E-state index contributed by atoms with van der Waals surface area (Å²) in [7, 11) is 0. The Morgan fingerprint density at radius 1 is 1.35 bits per heavy atom. The van der Waals surface area contributed by atoms with Crippen LogP contribution in [0.25, 0.3) is 0 Å². The van der Waals surface area contributed by atoms with Gasteiger partial charge in [-0.1, -0.05) is 26.3 Å². The zero-order valence-corrected chi connectivity index (χ0v) is 11.1. The molecule has 3 nitrogen and oxygen atoms in total. The first-order chi connectivity index (χ1) is 7.95. The summed E-state index contributed by atoms with van der Waals surface area (Å²) < 4.78 is 0. The number of hydrogen-bond donors (Lipinski definition) is 2. The minimum Gasteiger partial charge on any atom is -0.325 e. The van der Waals surface area contributed by atoms with E-state index in [1.807, 2.05) is 45.9 Å². The number of anilines is 1. The van der Waals surface area contributed by atoms with Gasteiger partial charge in [0.15, 0.2) is 0 Å². The molecule has 0 saturated heterocycles. The molecule has 0 unspecified atom stereocenters.